The summed E-state index contributed by atoms with van der Waals surface area (Å²) < 4.78 is 2.93. The average molecular weight is 523 g/mol. The van der Waals surface area contributed by atoms with Gasteiger partial charge in [-0.3, -0.25) is 0 Å². The van der Waals surface area contributed by atoms with Gasteiger partial charge in [-0.25, -0.2) is 0 Å². The summed E-state index contributed by atoms with van der Waals surface area (Å²) in [5, 5.41) is 3.02. The molecule has 2 aliphatic rings. The number of hydrogen-bond donors (Lipinski definition) is 1. The minimum absolute atomic E-state index is 0.557. The van der Waals surface area contributed by atoms with Crippen molar-refractivity contribution < 1.29 is 0 Å². The minimum Gasteiger partial charge on any atom is -0.358 e. The van der Waals surface area contributed by atoms with Crippen molar-refractivity contribution in [2.45, 2.75) is 134 Å². The van der Waals surface area contributed by atoms with E-state index in [4.69, 9.17) is 0 Å². The fourth-order valence-corrected chi connectivity index (χ4v) is 8.28. The molecule has 0 aliphatic heterocycles. The number of aromatic amines is 1. The highest BCUT2D eigenvalue weighted by Crippen LogP contribution is 2.50. The van der Waals surface area contributed by atoms with Gasteiger partial charge in [-0.2, -0.15) is 0 Å². The van der Waals surface area contributed by atoms with Crippen LogP contribution in [0.25, 0.3) is 21.8 Å². The van der Waals surface area contributed by atoms with Crippen LogP contribution in [0, 0.1) is 0 Å². The Labute approximate surface area is 236 Å². The lowest BCUT2D eigenvalue weighted by molar-refractivity contribution is 0.325. The Hall–Kier alpha value is -2.48. The maximum Gasteiger partial charge on any atom is 0.0488 e. The Balaban J connectivity index is 1.42. The van der Waals surface area contributed by atoms with Crippen LogP contribution in [0.5, 0.6) is 0 Å². The predicted molar refractivity (Wildman–Crippen MR) is 168 cm³/mol. The first kappa shape index (κ1) is 26.7. The van der Waals surface area contributed by atoms with Crippen LogP contribution in [0.3, 0.4) is 0 Å². The molecule has 6 rings (SSSR count). The molecule has 2 heteroatoms. The largest absolute Gasteiger partial charge is 0.358 e. The molecule has 4 aromatic rings. The summed E-state index contributed by atoms with van der Waals surface area (Å²) in [6.07, 6.45) is 21.4. The molecule has 3 atom stereocenters. The first-order valence-corrected chi connectivity index (χ1v) is 16.5. The van der Waals surface area contributed by atoms with E-state index < -0.39 is 0 Å². The summed E-state index contributed by atoms with van der Waals surface area (Å²) in [4.78, 5) is 3.98. The molecule has 3 unspecified atom stereocenters. The molecule has 2 heterocycles. The Morgan fingerprint density at radius 1 is 0.718 bits per heavy atom. The summed E-state index contributed by atoms with van der Waals surface area (Å²) in [6.45, 7) is 4.66. The van der Waals surface area contributed by atoms with Gasteiger partial charge < -0.3 is 9.55 Å². The molecule has 0 saturated heterocycles. The van der Waals surface area contributed by atoms with Crippen LogP contribution in [0.1, 0.15) is 144 Å². The molecule has 0 amide bonds. The van der Waals surface area contributed by atoms with Gasteiger partial charge in [0.1, 0.15) is 0 Å². The number of H-pyrrole nitrogens is 1. The third-order valence-electron chi connectivity index (χ3n) is 10.2. The highest BCUT2D eigenvalue weighted by Gasteiger charge is 2.37. The molecule has 0 bridgehead atoms. The fraction of sp³-hybridized carbons (Fsp3) is 0.568. The van der Waals surface area contributed by atoms with E-state index in [1.54, 1.807) is 27.9 Å². The van der Waals surface area contributed by atoms with E-state index in [9.17, 15) is 0 Å². The van der Waals surface area contributed by atoms with Gasteiger partial charge in [-0.1, -0.05) is 108 Å². The molecule has 0 radical (unpaired) electrons. The number of benzene rings is 2. The van der Waals surface area contributed by atoms with Crippen molar-refractivity contribution in [1.29, 1.82) is 0 Å². The predicted octanol–water partition coefficient (Wildman–Crippen LogP) is 11.1. The maximum atomic E-state index is 3.98. The Morgan fingerprint density at radius 2 is 1.44 bits per heavy atom. The molecule has 1 N–H and O–H groups in total. The first-order chi connectivity index (χ1) is 19.3. The van der Waals surface area contributed by atoms with E-state index in [-0.39, 0.29) is 0 Å². The van der Waals surface area contributed by atoms with Crippen LogP contribution >= 0.6 is 0 Å². The molecule has 0 fully saturated rings. The van der Waals surface area contributed by atoms with E-state index in [1.165, 1.54) is 119 Å². The lowest BCUT2D eigenvalue weighted by atomic mass is 9.78. The number of nitrogens with zero attached hydrogens (tertiary/aromatic N) is 1. The third-order valence-corrected chi connectivity index (χ3v) is 10.2. The third kappa shape index (κ3) is 5.21. The van der Waals surface area contributed by atoms with Crippen molar-refractivity contribution in [3.05, 3.63) is 71.0 Å². The van der Waals surface area contributed by atoms with Gasteiger partial charge in [-0.15, -0.1) is 0 Å². The van der Waals surface area contributed by atoms with Crippen molar-refractivity contribution in [2.75, 3.05) is 0 Å². The Morgan fingerprint density at radius 3 is 2.28 bits per heavy atom. The van der Waals surface area contributed by atoms with Gasteiger partial charge in [0.15, 0.2) is 0 Å². The molecule has 2 aliphatic carbocycles. The Kier molecular flexibility index (Phi) is 8.47. The number of fused-ring (bicyclic) bond motifs is 6. The average Bonchev–Trinajstić information content (AvgIpc) is 3.52. The highest BCUT2D eigenvalue weighted by atomic mass is 15.1. The van der Waals surface area contributed by atoms with Crippen LogP contribution < -0.4 is 0 Å². The number of rotatable bonds is 12. The van der Waals surface area contributed by atoms with Crippen LogP contribution in [0.2, 0.25) is 0 Å². The van der Waals surface area contributed by atoms with Crippen molar-refractivity contribution >= 4 is 21.8 Å². The molecule has 0 saturated carbocycles. The second-order valence-corrected chi connectivity index (χ2v) is 12.7. The zero-order valence-corrected chi connectivity index (χ0v) is 24.6. The van der Waals surface area contributed by atoms with Crippen molar-refractivity contribution in [2.24, 2.45) is 0 Å². The van der Waals surface area contributed by atoms with Gasteiger partial charge >= 0.3 is 0 Å². The zero-order valence-electron chi connectivity index (χ0n) is 24.6. The minimum atomic E-state index is 0.557. The van der Waals surface area contributed by atoms with E-state index in [2.05, 4.69) is 71.9 Å². The fourth-order valence-electron chi connectivity index (χ4n) is 8.28. The van der Waals surface area contributed by atoms with Crippen LogP contribution in [-0.2, 0) is 12.8 Å². The summed E-state index contributed by atoms with van der Waals surface area (Å²) in [6, 6.07) is 19.1. The van der Waals surface area contributed by atoms with Gasteiger partial charge in [0, 0.05) is 45.2 Å². The molecular weight excluding hydrogens is 472 g/mol. The summed E-state index contributed by atoms with van der Waals surface area (Å²) in [5.74, 6) is 1.30. The van der Waals surface area contributed by atoms with Gasteiger partial charge in [-0.05, 0) is 74.1 Å². The quantitative estimate of drug-likeness (QED) is 0.179. The molecule has 2 nitrogen and oxygen atoms in total. The van der Waals surface area contributed by atoms with Crippen LogP contribution in [0.15, 0.2) is 48.5 Å². The van der Waals surface area contributed by atoms with E-state index in [0.29, 0.717) is 12.0 Å². The summed E-state index contributed by atoms with van der Waals surface area (Å²) >= 11 is 0. The maximum absolute atomic E-state index is 3.98. The van der Waals surface area contributed by atoms with Gasteiger partial charge in [0.2, 0.25) is 0 Å². The molecule has 208 valence electrons. The van der Waals surface area contributed by atoms with E-state index in [0.717, 1.165) is 5.92 Å². The van der Waals surface area contributed by atoms with E-state index >= 15 is 0 Å². The lowest BCUT2D eigenvalue weighted by Gasteiger charge is -2.37. The highest BCUT2D eigenvalue weighted by molar-refractivity contribution is 5.87. The monoisotopic (exact) mass is 522 g/mol. The number of unbranched alkanes of at least 4 members (excludes halogenated alkanes) is 7. The number of aryl methyl sites for hydroxylation is 2. The SMILES string of the molecule is CCCCCCCC1c2[nH]c3ccccc3c2CCC1n1c2c(c3ccccc31)CCCC2CCCCCC. The molecule has 39 heavy (non-hydrogen) atoms. The summed E-state index contributed by atoms with van der Waals surface area (Å²) in [7, 11) is 0. The van der Waals surface area contributed by atoms with E-state index in [1.807, 2.05) is 0 Å². The van der Waals surface area contributed by atoms with Crippen LogP contribution in [0.4, 0.5) is 0 Å². The van der Waals surface area contributed by atoms with Gasteiger partial charge in [0.25, 0.3) is 0 Å². The number of hydrogen-bond acceptors (Lipinski definition) is 0. The standard InChI is InChI=1S/C37H50N2/c1-3-5-7-9-11-21-32-35(26-25-30-28-19-12-14-23-33(28)38-36(30)32)39-34-24-15-13-20-29(34)31-22-16-18-27(37(31)39)17-10-8-6-4-2/h12-15,19-20,23-24,27,32,35,38H,3-11,16-18,21-22,25-26H2,1-2H3. The van der Waals surface area contributed by atoms with Crippen molar-refractivity contribution in [3.8, 4) is 0 Å². The van der Waals surface area contributed by atoms with Crippen molar-refractivity contribution in [3.63, 3.8) is 0 Å². The van der Waals surface area contributed by atoms with Gasteiger partial charge in [0.05, 0.1) is 0 Å². The molecule has 2 aromatic heterocycles. The normalized spacial score (nSPS) is 20.9. The molecular formula is C37H50N2. The topological polar surface area (TPSA) is 20.7 Å². The number of nitrogens with one attached hydrogen (secondary N) is 1. The number of para-hydroxylation sites is 2. The van der Waals surface area contributed by atoms with Crippen molar-refractivity contribution in [1.82, 2.24) is 9.55 Å². The molecule has 2 aromatic carbocycles. The summed E-state index contributed by atoms with van der Waals surface area (Å²) in [5.41, 5.74) is 9.46. The lowest BCUT2D eigenvalue weighted by Crippen LogP contribution is -2.27. The zero-order chi connectivity index (χ0) is 26.6. The Bertz CT molecular complexity index is 1370. The smallest absolute Gasteiger partial charge is 0.0488 e. The molecule has 0 spiro atoms. The first-order valence-electron chi connectivity index (χ1n) is 16.5. The second kappa shape index (κ2) is 12.4. The van der Waals surface area contributed by atoms with Crippen LogP contribution in [-0.4, -0.2) is 9.55 Å². The number of aromatic nitrogens is 2. The second-order valence-electron chi connectivity index (χ2n) is 12.7.